The third-order valence-corrected chi connectivity index (χ3v) is 9.58. The molecule has 40 heavy (non-hydrogen) atoms. The number of benzene rings is 2. The molecule has 0 spiro atoms. The number of aliphatic hydroxyl groups excluding tert-OH is 1. The van der Waals surface area contributed by atoms with E-state index in [4.69, 9.17) is 16.3 Å². The number of aryl methyl sites for hydroxylation is 1. The normalized spacial score (nSPS) is 21.4. The summed E-state index contributed by atoms with van der Waals surface area (Å²) in [6.07, 6.45) is 8.95. The van der Waals surface area contributed by atoms with Crippen LogP contribution >= 0.6 is 11.6 Å². The van der Waals surface area contributed by atoms with Gasteiger partial charge in [-0.15, -0.1) is 13.2 Å². The summed E-state index contributed by atoms with van der Waals surface area (Å²) in [6, 6.07) is 11.4. The van der Waals surface area contributed by atoms with Crippen LogP contribution in [-0.2, 0) is 27.8 Å². The Kier molecular flexibility index (Phi) is 10.9. The molecule has 0 unspecified atom stereocenters. The van der Waals surface area contributed by atoms with Gasteiger partial charge >= 0.3 is 0 Å². The second kappa shape index (κ2) is 14.3. The van der Waals surface area contributed by atoms with E-state index in [0.29, 0.717) is 37.4 Å². The molecule has 1 aliphatic carbocycles. The summed E-state index contributed by atoms with van der Waals surface area (Å²) in [7, 11) is -1.63. The van der Waals surface area contributed by atoms with Crippen LogP contribution in [0, 0.1) is 11.8 Å². The molecule has 1 N–H and O–H groups in total. The Bertz CT molecular complexity index is 1310. The lowest BCUT2D eigenvalue weighted by Crippen LogP contribution is -2.42. The standard InChI is InChI=1S/C32H40ClN2O4S/c1-4-6-9-22(3)40(38)34-32(37)24-13-16-31-29(19-24)35(21-26-12-15-28(26)30(36)5-2)20-25-11-14-27(33)18-23(25)10-7-8-17-39-31/h4-5,11,13-14,16,18-19,22,26,28,30,36H,1-2,6-10,12,15,17,20-21H2,3H3/q-1/t22-,26+,28-,30+/m1/s1. The molecule has 216 valence electrons. The third kappa shape index (κ3) is 7.56. The molecule has 2 aromatic rings. The fourth-order valence-corrected chi connectivity index (χ4v) is 6.44. The van der Waals surface area contributed by atoms with Crippen LogP contribution in [0.3, 0.4) is 0 Å². The molecule has 6 nitrogen and oxygen atoms in total. The third-order valence-electron chi connectivity index (χ3n) is 8.08. The van der Waals surface area contributed by atoms with E-state index in [1.165, 1.54) is 11.1 Å². The first kappa shape index (κ1) is 30.4. The average Bonchev–Trinajstić information content (AvgIpc) is 2.96. The summed E-state index contributed by atoms with van der Waals surface area (Å²) in [5, 5.41) is 11.0. The first-order valence-corrected chi connectivity index (χ1v) is 15.7. The minimum atomic E-state index is -1.63. The van der Waals surface area contributed by atoms with Crippen molar-refractivity contribution in [3.05, 3.63) is 83.4 Å². The van der Waals surface area contributed by atoms with Crippen LogP contribution < -0.4 is 9.64 Å². The van der Waals surface area contributed by atoms with Crippen LogP contribution in [0.15, 0.2) is 66.1 Å². The van der Waals surface area contributed by atoms with Crippen molar-refractivity contribution in [1.29, 1.82) is 0 Å². The van der Waals surface area contributed by atoms with Crippen LogP contribution in [0.5, 0.6) is 5.75 Å². The highest BCUT2D eigenvalue weighted by Gasteiger charge is 2.36. The van der Waals surface area contributed by atoms with Crippen molar-refractivity contribution in [3.8, 4) is 5.75 Å². The van der Waals surface area contributed by atoms with Gasteiger partial charge in [0.05, 0.1) is 18.4 Å². The lowest BCUT2D eigenvalue weighted by molar-refractivity contribution is 0.0464. The van der Waals surface area contributed by atoms with Gasteiger partial charge < -0.3 is 23.3 Å². The number of allylic oxidation sites excluding steroid dienone is 1. The quantitative estimate of drug-likeness (QED) is 0.248. The average molecular weight is 584 g/mol. The Balaban J connectivity index is 1.72. The van der Waals surface area contributed by atoms with Crippen molar-refractivity contribution >= 4 is 33.8 Å². The second-order valence-corrected chi connectivity index (χ2v) is 12.8. The van der Waals surface area contributed by atoms with Crippen molar-refractivity contribution < 1.29 is 18.8 Å². The molecule has 4 rings (SSSR count). The number of halogens is 1. The Morgan fingerprint density at radius 2 is 2.05 bits per heavy atom. The first-order valence-electron chi connectivity index (χ1n) is 14.2. The number of amides is 1. The number of nitrogens with zero attached hydrogens (tertiary/aromatic N) is 2. The lowest BCUT2D eigenvalue weighted by atomic mass is 9.70. The minimum absolute atomic E-state index is 0.143. The fraction of sp³-hybridized carbons (Fsp3) is 0.469. The maximum atomic E-state index is 13.2. The molecule has 0 aromatic heterocycles. The van der Waals surface area contributed by atoms with E-state index >= 15 is 0 Å². The van der Waals surface area contributed by atoms with E-state index in [0.717, 1.165) is 49.2 Å². The second-order valence-electron chi connectivity index (χ2n) is 10.9. The summed E-state index contributed by atoms with van der Waals surface area (Å²) in [4.78, 5) is 15.4. The number of rotatable bonds is 9. The number of anilines is 1. The Hall–Kier alpha value is -2.61. The molecule has 2 aliphatic rings. The maximum absolute atomic E-state index is 13.2. The van der Waals surface area contributed by atoms with Crippen molar-refractivity contribution in [1.82, 2.24) is 0 Å². The number of fused-ring (bicyclic) bond motifs is 2. The van der Waals surface area contributed by atoms with Crippen LogP contribution in [0.1, 0.15) is 66.9 Å². The summed E-state index contributed by atoms with van der Waals surface area (Å²) >= 11 is 6.37. The summed E-state index contributed by atoms with van der Waals surface area (Å²) in [5.74, 6) is 0.610. The van der Waals surface area contributed by atoms with Gasteiger partial charge in [-0.25, -0.2) is 0 Å². The van der Waals surface area contributed by atoms with Crippen molar-refractivity contribution in [2.45, 2.75) is 69.8 Å². The van der Waals surface area contributed by atoms with Crippen LogP contribution in [0.4, 0.5) is 5.69 Å². The monoisotopic (exact) mass is 583 g/mol. The van der Waals surface area contributed by atoms with Gasteiger partial charge in [0, 0.05) is 23.7 Å². The molecule has 1 saturated carbocycles. The SMILES string of the molecule is C=CCC[C@@H](C)[S-](=O)=NC(=O)c1ccc2c(c1)N(C[C@@H]1CC[C@H]1[C@@H](O)C=C)Cc1ccc(Cl)cc1CCCCO2. The number of carbonyl (C=O) groups is 1. The Morgan fingerprint density at radius 1 is 1.23 bits per heavy atom. The Labute approximate surface area is 245 Å². The van der Waals surface area contributed by atoms with Crippen molar-refractivity contribution in [3.63, 3.8) is 0 Å². The molecule has 1 amide bonds. The molecular weight excluding hydrogens is 544 g/mol. The first-order chi connectivity index (χ1) is 19.3. The smallest absolute Gasteiger partial charge is 0.254 e. The van der Waals surface area contributed by atoms with Crippen LogP contribution in [0.25, 0.3) is 0 Å². The van der Waals surface area contributed by atoms with Crippen LogP contribution in [-0.4, -0.2) is 35.5 Å². The fourth-order valence-electron chi connectivity index (χ4n) is 5.46. The van der Waals surface area contributed by atoms with E-state index in [-0.39, 0.29) is 17.1 Å². The highest BCUT2D eigenvalue weighted by molar-refractivity contribution is 7.75. The number of aliphatic hydroxyl groups is 1. The topological polar surface area (TPSA) is 79.2 Å². The van der Waals surface area contributed by atoms with Gasteiger partial charge in [0.2, 0.25) is 0 Å². The van der Waals surface area contributed by atoms with Gasteiger partial charge in [-0.1, -0.05) is 48.4 Å². The van der Waals surface area contributed by atoms with Gasteiger partial charge in [0.25, 0.3) is 5.91 Å². The number of carbonyl (C=O) groups excluding carboxylic acids is 1. The number of hydrogen-bond donors (Lipinski definition) is 1. The van der Waals surface area contributed by atoms with Gasteiger partial charge in [0.15, 0.2) is 0 Å². The van der Waals surface area contributed by atoms with Crippen LogP contribution in [0.2, 0.25) is 5.02 Å². The lowest BCUT2D eigenvalue weighted by Gasteiger charge is -2.42. The molecule has 4 atom stereocenters. The largest absolute Gasteiger partial charge is 0.491 e. The highest BCUT2D eigenvalue weighted by Crippen LogP contribution is 2.41. The zero-order valence-electron chi connectivity index (χ0n) is 23.3. The predicted octanol–water partition coefficient (Wildman–Crippen LogP) is 7.28. The molecule has 8 heteroatoms. The Morgan fingerprint density at radius 3 is 2.77 bits per heavy atom. The number of ether oxygens (including phenoxy) is 1. The molecule has 1 fully saturated rings. The zero-order chi connectivity index (χ0) is 28.6. The van der Waals surface area contributed by atoms with E-state index in [1.54, 1.807) is 18.2 Å². The minimum Gasteiger partial charge on any atom is -0.491 e. The predicted molar refractivity (Wildman–Crippen MR) is 163 cm³/mol. The van der Waals surface area contributed by atoms with E-state index in [1.807, 2.05) is 31.2 Å². The molecule has 0 bridgehead atoms. The highest BCUT2D eigenvalue weighted by atomic mass is 35.5. The maximum Gasteiger partial charge on any atom is 0.254 e. The van der Waals surface area contributed by atoms with Gasteiger partial charge in [-0.2, -0.15) is 10.6 Å². The molecule has 2 aromatic carbocycles. The molecule has 0 saturated heterocycles. The van der Waals surface area contributed by atoms with Crippen molar-refractivity contribution in [2.75, 3.05) is 18.1 Å². The van der Waals surface area contributed by atoms with E-state index in [2.05, 4.69) is 28.5 Å². The van der Waals surface area contributed by atoms with Gasteiger partial charge in [-0.05, 0) is 91.8 Å². The molecule has 1 heterocycles. The summed E-state index contributed by atoms with van der Waals surface area (Å²) in [5.41, 5.74) is 3.56. The number of hydrogen-bond acceptors (Lipinski definition) is 6. The van der Waals surface area contributed by atoms with Crippen molar-refractivity contribution in [2.24, 2.45) is 16.2 Å². The summed E-state index contributed by atoms with van der Waals surface area (Å²) < 4.78 is 23.0. The molecule has 0 radical (unpaired) electrons. The van der Waals surface area contributed by atoms with Gasteiger partial charge in [0.1, 0.15) is 5.75 Å². The summed E-state index contributed by atoms with van der Waals surface area (Å²) in [6.45, 7) is 11.2. The molecular formula is C32H40ClN2O4S-. The van der Waals surface area contributed by atoms with E-state index in [9.17, 15) is 14.1 Å². The molecule has 1 aliphatic heterocycles. The van der Waals surface area contributed by atoms with Gasteiger partial charge in [-0.3, -0.25) is 4.79 Å². The zero-order valence-corrected chi connectivity index (χ0v) is 24.8. The van der Waals surface area contributed by atoms with E-state index < -0.39 is 22.6 Å².